The van der Waals surface area contributed by atoms with E-state index in [2.05, 4.69) is 10.6 Å². The SMILES string of the molecule is CC(NC1CCC(NC(=N)N)CC1)C(=O)O. The molecule has 0 amide bonds. The van der Waals surface area contributed by atoms with Crippen LogP contribution in [0.4, 0.5) is 0 Å². The van der Waals surface area contributed by atoms with E-state index in [0.29, 0.717) is 0 Å². The normalized spacial score (nSPS) is 27.1. The van der Waals surface area contributed by atoms with E-state index in [4.69, 9.17) is 16.2 Å². The van der Waals surface area contributed by atoms with Gasteiger partial charge in [-0.3, -0.25) is 10.2 Å². The van der Waals surface area contributed by atoms with Gasteiger partial charge >= 0.3 is 5.97 Å². The van der Waals surface area contributed by atoms with Crippen molar-refractivity contribution < 1.29 is 9.90 Å². The lowest BCUT2D eigenvalue weighted by molar-refractivity contribution is -0.139. The fourth-order valence-corrected chi connectivity index (χ4v) is 2.05. The monoisotopic (exact) mass is 228 g/mol. The Morgan fingerprint density at radius 2 is 1.88 bits per heavy atom. The molecule has 6 heteroatoms. The Morgan fingerprint density at radius 1 is 1.38 bits per heavy atom. The number of nitrogens with one attached hydrogen (secondary N) is 3. The molecule has 0 bridgehead atoms. The molecule has 1 aliphatic rings. The van der Waals surface area contributed by atoms with E-state index in [1.54, 1.807) is 6.92 Å². The molecule has 6 N–H and O–H groups in total. The number of carboxylic acid groups (broad SMARTS) is 1. The van der Waals surface area contributed by atoms with Crippen LogP contribution in [-0.4, -0.2) is 35.2 Å². The third kappa shape index (κ3) is 4.06. The molecule has 1 aliphatic carbocycles. The summed E-state index contributed by atoms with van der Waals surface area (Å²) in [7, 11) is 0. The summed E-state index contributed by atoms with van der Waals surface area (Å²) < 4.78 is 0. The average molecular weight is 228 g/mol. The lowest BCUT2D eigenvalue weighted by Gasteiger charge is -2.30. The maximum absolute atomic E-state index is 10.7. The third-order valence-electron chi connectivity index (χ3n) is 2.94. The first-order valence-electron chi connectivity index (χ1n) is 5.58. The number of carboxylic acids is 1. The van der Waals surface area contributed by atoms with Gasteiger partial charge in [-0.15, -0.1) is 0 Å². The van der Waals surface area contributed by atoms with Gasteiger partial charge in [-0.25, -0.2) is 0 Å². The van der Waals surface area contributed by atoms with Crippen LogP contribution < -0.4 is 16.4 Å². The zero-order valence-electron chi connectivity index (χ0n) is 9.49. The van der Waals surface area contributed by atoms with Gasteiger partial charge in [0.05, 0.1) is 0 Å². The molecule has 1 saturated carbocycles. The van der Waals surface area contributed by atoms with Crippen LogP contribution in [0.25, 0.3) is 0 Å². The highest BCUT2D eigenvalue weighted by Gasteiger charge is 2.23. The second kappa shape index (κ2) is 5.69. The molecule has 1 atom stereocenters. The lowest BCUT2D eigenvalue weighted by atomic mass is 9.91. The number of carbonyl (C=O) groups is 1. The standard InChI is InChI=1S/C10H20N4O2/c1-6(9(15)16)13-7-2-4-8(5-3-7)14-10(11)12/h6-8,13H,2-5H2,1H3,(H,15,16)(H4,11,12,14). The van der Waals surface area contributed by atoms with E-state index in [1.807, 2.05) is 0 Å². The largest absolute Gasteiger partial charge is 0.480 e. The van der Waals surface area contributed by atoms with E-state index < -0.39 is 12.0 Å². The summed E-state index contributed by atoms with van der Waals surface area (Å²) in [4.78, 5) is 10.7. The van der Waals surface area contributed by atoms with Gasteiger partial charge in [0.1, 0.15) is 6.04 Å². The lowest BCUT2D eigenvalue weighted by Crippen LogP contribution is -2.47. The minimum absolute atomic E-state index is 0.00955. The fraction of sp³-hybridized carbons (Fsp3) is 0.800. The second-order valence-corrected chi connectivity index (χ2v) is 4.33. The van der Waals surface area contributed by atoms with E-state index in [9.17, 15) is 4.79 Å². The van der Waals surface area contributed by atoms with E-state index >= 15 is 0 Å². The fourth-order valence-electron chi connectivity index (χ4n) is 2.05. The molecule has 0 radical (unpaired) electrons. The molecule has 0 spiro atoms. The molecule has 1 unspecified atom stereocenters. The van der Waals surface area contributed by atoms with Gasteiger partial charge in [0, 0.05) is 12.1 Å². The highest BCUT2D eigenvalue weighted by Crippen LogP contribution is 2.18. The van der Waals surface area contributed by atoms with E-state index in [-0.39, 0.29) is 18.0 Å². The summed E-state index contributed by atoms with van der Waals surface area (Å²) >= 11 is 0. The van der Waals surface area contributed by atoms with Crippen molar-refractivity contribution in [3.8, 4) is 0 Å². The summed E-state index contributed by atoms with van der Waals surface area (Å²) in [5.41, 5.74) is 5.26. The second-order valence-electron chi connectivity index (χ2n) is 4.33. The Bertz CT molecular complexity index is 262. The van der Waals surface area contributed by atoms with E-state index in [1.165, 1.54) is 0 Å². The van der Waals surface area contributed by atoms with Gasteiger partial charge in [-0.05, 0) is 32.6 Å². The summed E-state index contributed by atoms with van der Waals surface area (Å²) in [6.45, 7) is 1.66. The van der Waals surface area contributed by atoms with Gasteiger partial charge in [-0.1, -0.05) is 0 Å². The quantitative estimate of drug-likeness (QED) is 0.339. The molecule has 0 aromatic heterocycles. The number of guanidine groups is 1. The van der Waals surface area contributed by atoms with Crippen LogP contribution in [0, 0.1) is 5.41 Å². The Hall–Kier alpha value is -1.30. The maximum Gasteiger partial charge on any atom is 0.320 e. The van der Waals surface area contributed by atoms with Crippen molar-refractivity contribution in [2.45, 2.75) is 50.7 Å². The van der Waals surface area contributed by atoms with Crippen LogP contribution in [0.15, 0.2) is 0 Å². The molecule has 0 saturated heterocycles. The molecule has 0 heterocycles. The molecule has 1 fully saturated rings. The zero-order valence-corrected chi connectivity index (χ0v) is 9.49. The Balaban J connectivity index is 2.26. The highest BCUT2D eigenvalue weighted by atomic mass is 16.4. The van der Waals surface area contributed by atoms with Crippen molar-refractivity contribution in [2.75, 3.05) is 0 Å². The molecule has 16 heavy (non-hydrogen) atoms. The smallest absolute Gasteiger partial charge is 0.320 e. The average Bonchev–Trinajstić information content (AvgIpc) is 2.20. The number of aliphatic carboxylic acids is 1. The van der Waals surface area contributed by atoms with Gasteiger partial charge in [0.25, 0.3) is 0 Å². The van der Waals surface area contributed by atoms with Crippen molar-refractivity contribution in [1.29, 1.82) is 5.41 Å². The van der Waals surface area contributed by atoms with Crippen LogP contribution in [0.2, 0.25) is 0 Å². The van der Waals surface area contributed by atoms with Crippen molar-refractivity contribution in [3.63, 3.8) is 0 Å². The maximum atomic E-state index is 10.7. The Kier molecular flexibility index (Phi) is 4.54. The molecule has 92 valence electrons. The minimum atomic E-state index is -0.816. The predicted octanol–water partition coefficient (Wildman–Crippen LogP) is -0.157. The Morgan fingerprint density at radius 3 is 2.31 bits per heavy atom. The molecule has 1 rings (SSSR count). The first-order valence-corrected chi connectivity index (χ1v) is 5.58. The van der Waals surface area contributed by atoms with Gasteiger partial charge in [-0.2, -0.15) is 0 Å². The van der Waals surface area contributed by atoms with Gasteiger partial charge in [0.2, 0.25) is 0 Å². The summed E-state index contributed by atoms with van der Waals surface area (Å²) in [5, 5.41) is 21.9. The van der Waals surface area contributed by atoms with Crippen molar-refractivity contribution in [1.82, 2.24) is 10.6 Å². The molecule has 6 nitrogen and oxygen atoms in total. The number of hydrogen-bond acceptors (Lipinski definition) is 3. The molecular formula is C10H20N4O2. The van der Waals surface area contributed by atoms with Crippen LogP contribution >= 0.6 is 0 Å². The first kappa shape index (κ1) is 12.8. The summed E-state index contributed by atoms with van der Waals surface area (Å²) in [6.07, 6.45) is 3.68. The highest BCUT2D eigenvalue weighted by molar-refractivity contribution is 5.74. The van der Waals surface area contributed by atoms with Crippen LogP contribution in [0.1, 0.15) is 32.6 Å². The summed E-state index contributed by atoms with van der Waals surface area (Å²) in [5.74, 6) is -0.806. The Labute approximate surface area is 95.1 Å². The first-order chi connectivity index (χ1) is 7.49. The molecule has 0 aromatic rings. The van der Waals surface area contributed by atoms with Gasteiger partial charge < -0.3 is 21.5 Å². The van der Waals surface area contributed by atoms with Crippen LogP contribution in [-0.2, 0) is 4.79 Å². The third-order valence-corrected chi connectivity index (χ3v) is 2.94. The molecule has 0 aliphatic heterocycles. The number of rotatable bonds is 4. The number of nitrogens with two attached hydrogens (primary N) is 1. The minimum Gasteiger partial charge on any atom is -0.480 e. The van der Waals surface area contributed by atoms with Gasteiger partial charge in [0.15, 0.2) is 5.96 Å². The van der Waals surface area contributed by atoms with Crippen molar-refractivity contribution in [2.24, 2.45) is 5.73 Å². The van der Waals surface area contributed by atoms with Crippen LogP contribution in [0.3, 0.4) is 0 Å². The number of hydrogen-bond donors (Lipinski definition) is 5. The topological polar surface area (TPSA) is 111 Å². The zero-order chi connectivity index (χ0) is 12.1. The summed E-state index contributed by atoms with van der Waals surface area (Å²) in [6, 6.07) is 0.0223. The van der Waals surface area contributed by atoms with Crippen LogP contribution in [0.5, 0.6) is 0 Å². The molecule has 0 aromatic carbocycles. The van der Waals surface area contributed by atoms with E-state index in [0.717, 1.165) is 25.7 Å². The predicted molar refractivity (Wildman–Crippen MR) is 61.3 cm³/mol. The van der Waals surface area contributed by atoms with Crippen molar-refractivity contribution >= 4 is 11.9 Å². The molecular weight excluding hydrogens is 208 g/mol. The van der Waals surface area contributed by atoms with Crippen molar-refractivity contribution in [3.05, 3.63) is 0 Å².